The molecule has 0 fully saturated rings. The number of amides is 1. The zero-order valence-corrected chi connectivity index (χ0v) is 17.2. The molecule has 25 heavy (non-hydrogen) atoms. The van der Waals surface area contributed by atoms with Gasteiger partial charge in [0.05, 0.1) is 16.0 Å². The zero-order valence-electron chi connectivity index (χ0n) is 14.8. The van der Waals surface area contributed by atoms with Crippen molar-refractivity contribution >= 4 is 60.9 Å². The fourth-order valence-corrected chi connectivity index (χ4v) is 4.23. The summed E-state index contributed by atoms with van der Waals surface area (Å²) in [6.45, 7) is 6.31. The minimum Gasteiger partial charge on any atom is -0.358 e. The number of hydrogen-bond acceptors (Lipinski definition) is 5. The van der Waals surface area contributed by atoms with Gasteiger partial charge in [0, 0.05) is 13.1 Å². The highest BCUT2D eigenvalue weighted by atomic mass is 32.2. The molecule has 2 rings (SSSR count). The number of thiocarbonyl (C=S) groups is 1. The van der Waals surface area contributed by atoms with Crippen LogP contribution in [0, 0.1) is 0 Å². The molecule has 1 heterocycles. The summed E-state index contributed by atoms with van der Waals surface area (Å²) >= 11 is 8.47. The Morgan fingerprint density at radius 2 is 1.92 bits per heavy atom. The van der Waals surface area contributed by atoms with E-state index in [1.807, 2.05) is 24.3 Å². The Labute approximate surface area is 163 Å². The van der Waals surface area contributed by atoms with Crippen molar-refractivity contribution in [1.82, 2.24) is 9.88 Å². The molecule has 0 bridgehead atoms. The molecule has 0 spiro atoms. The number of anilines is 1. The SMILES string of the molecule is CCCCN(CCCC)C(=S)SCC(=O)Nc1nc2ccccc2s1. The molecular formula is C18H25N3OS3. The van der Waals surface area contributed by atoms with Crippen molar-refractivity contribution in [1.29, 1.82) is 0 Å². The van der Waals surface area contributed by atoms with Crippen molar-refractivity contribution in [2.75, 3.05) is 24.2 Å². The summed E-state index contributed by atoms with van der Waals surface area (Å²) in [5.74, 6) is 0.265. The lowest BCUT2D eigenvalue weighted by molar-refractivity contribution is -0.113. The molecule has 0 aliphatic carbocycles. The number of rotatable bonds is 9. The summed E-state index contributed by atoms with van der Waals surface area (Å²) in [5.41, 5.74) is 0.913. The Morgan fingerprint density at radius 1 is 1.24 bits per heavy atom. The highest BCUT2D eigenvalue weighted by molar-refractivity contribution is 8.23. The number of carbonyl (C=O) groups is 1. The van der Waals surface area contributed by atoms with Crippen molar-refractivity contribution in [2.24, 2.45) is 0 Å². The lowest BCUT2D eigenvalue weighted by Gasteiger charge is -2.24. The van der Waals surface area contributed by atoms with Gasteiger partial charge in [0.15, 0.2) is 5.13 Å². The van der Waals surface area contributed by atoms with Crippen molar-refractivity contribution in [3.63, 3.8) is 0 Å². The van der Waals surface area contributed by atoms with Crippen molar-refractivity contribution in [2.45, 2.75) is 39.5 Å². The molecule has 0 aliphatic rings. The molecule has 1 aromatic carbocycles. The van der Waals surface area contributed by atoms with Gasteiger partial charge in [0.1, 0.15) is 4.32 Å². The molecule has 136 valence electrons. The summed E-state index contributed by atoms with van der Waals surface area (Å²) in [7, 11) is 0. The number of aromatic nitrogens is 1. The van der Waals surface area contributed by atoms with E-state index in [1.54, 1.807) is 0 Å². The zero-order chi connectivity index (χ0) is 18.1. The van der Waals surface area contributed by atoms with E-state index in [1.165, 1.54) is 23.1 Å². The highest BCUT2D eigenvalue weighted by Crippen LogP contribution is 2.25. The molecule has 0 radical (unpaired) electrons. The number of para-hydroxylation sites is 1. The predicted octanol–water partition coefficient (Wildman–Crippen LogP) is 5.16. The van der Waals surface area contributed by atoms with E-state index in [-0.39, 0.29) is 5.91 Å². The number of hydrogen-bond donors (Lipinski definition) is 1. The summed E-state index contributed by atoms with van der Waals surface area (Å²) < 4.78 is 1.90. The maximum atomic E-state index is 12.2. The Kier molecular flexibility index (Phi) is 8.64. The molecule has 1 N–H and O–H groups in total. The maximum Gasteiger partial charge on any atom is 0.236 e. The van der Waals surface area contributed by atoms with Crippen molar-refractivity contribution in [3.05, 3.63) is 24.3 Å². The van der Waals surface area contributed by atoms with E-state index in [0.717, 1.165) is 53.3 Å². The molecule has 4 nitrogen and oxygen atoms in total. The first kappa shape index (κ1) is 20.1. The number of nitrogens with one attached hydrogen (secondary N) is 1. The number of benzene rings is 1. The highest BCUT2D eigenvalue weighted by Gasteiger charge is 2.13. The molecule has 0 saturated heterocycles. The summed E-state index contributed by atoms with van der Waals surface area (Å²) in [4.78, 5) is 18.9. The monoisotopic (exact) mass is 395 g/mol. The number of unbranched alkanes of at least 4 members (excludes halogenated alkanes) is 2. The van der Waals surface area contributed by atoms with Gasteiger partial charge < -0.3 is 10.2 Å². The van der Waals surface area contributed by atoms with Crippen molar-refractivity contribution in [3.8, 4) is 0 Å². The van der Waals surface area contributed by atoms with Crippen LogP contribution in [0.3, 0.4) is 0 Å². The molecule has 0 aliphatic heterocycles. The first-order valence-corrected chi connectivity index (χ1v) is 10.9. The van der Waals surface area contributed by atoms with Crippen molar-refractivity contribution < 1.29 is 4.79 Å². The van der Waals surface area contributed by atoms with Gasteiger partial charge in [-0.25, -0.2) is 4.98 Å². The third-order valence-electron chi connectivity index (χ3n) is 3.69. The van der Waals surface area contributed by atoms with Crippen LogP contribution in [0.25, 0.3) is 10.2 Å². The van der Waals surface area contributed by atoms with Crippen LogP contribution < -0.4 is 5.32 Å². The van der Waals surface area contributed by atoms with Gasteiger partial charge in [-0.15, -0.1) is 0 Å². The van der Waals surface area contributed by atoms with Gasteiger partial charge in [-0.1, -0.05) is 74.1 Å². The van der Waals surface area contributed by atoms with E-state index in [9.17, 15) is 4.79 Å². The lowest BCUT2D eigenvalue weighted by atomic mass is 10.3. The Hall–Kier alpha value is -1.18. The number of thiazole rings is 1. The molecule has 0 unspecified atom stereocenters. The Bertz CT molecular complexity index is 661. The first-order valence-electron chi connectivity index (χ1n) is 8.71. The van der Waals surface area contributed by atoms with E-state index >= 15 is 0 Å². The largest absolute Gasteiger partial charge is 0.358 e. The van der Waals surface area contributed by atoms with Crippen LogP contribution in [-0.4, -0.2) is 39.0 Å². The summed E-state index contributed by atoms with van der Waals surface area (Å²) in [5, 5.41) is 3.53. The second kappa shape index (κ2) is 10.7. The molecule has 2 aromatic rings. The molecule has 1 aromatic heterocycles. The van der Waals surface area contributed by atoms with Crippen LogP contribution in [0.1, 0.15) is 39.5 Å². The second-order valence-corrected chi connectivity index (χ2v) is 8.42. The predicted molar refractivity (Wildman–Crippen MR) is 115 cm³/mol. The molecule has 7 heteroatoms. The molecule has 1 amide bonds. The minimum atomic E-state index is -0.0580. The minimum absolute atomic E-state index is 0.0580. The van der Waals surface area contributed by atoms with Gasteiger partial charge >= 0.3 is 0 Å². The van der Waals surface area contributed by atoms with Gasteiger partial charge in [0.2, 0.25) is 5.91 Å². The average Bonchev–Trinajstić information content (AvgIpc) is 3.02. The number of nitrogens with zero attached hydrogens (tertiary/aromatic N) is 2. The summed E-state index contributed by atoms with van der Waals surface area (Å²) in [6.07, 6.45) is 4.55. The van der Waals surface area contributed by atoms with Crippen LogP contribution in [0.4, 0.5) is 5.13 Å². The van der Waals surface area contributed by atoms with Crippen LogP contribution in [0.5, 0.6) is 0 Å². The first-order chi connectivity index (χ1) is 12.1. The standard InChI is InChI=1S/C18H25N3OS3/c1-3-5-11-21(12-6-4-2)18(23)24-13-16(22)20-17-19-14-9-7-8-10-15(14)25-17/h7-10H,3-6,11-13H2,1-2H3,(H,19,20,22). The Balaban J connectivity index is 1.83. The van der Waals surface area contributed by atoms with Gasteiger partial charge in [-0.05, 0) is 25.0 Å². The topological polar surface area (TPSA) is 45.2 Å². The average molecular weight is 396 g/mol. The molecule has 0 saturated carbocycles. The number of carbonyl (C=O) groups excluding carboxylic acids is 1. The van der Waals surface area contributed by atoms with Crippen LogP contribution in [0.15, 0.2) is 24.3 Å². The van der Waals surface area contributed by atoms with E-state index in [2.05, 4.69) is 29.0 Å². The third-order valence-corrected chi connectivity index (χ3v) is 6.16. The third kappa shape index (κ3) is 6.56. The van der Waals surface area contributed by atoms with E-state index in [4.69, 9.17) is 12.2 Å². The van der Waals surface area contributed by atoms with Gasteiger partial charge in [-0.2, -0.15) is 0 Å². The van der Waals surface area contributed by atoms with E-state index in [0.29, 0.717) is 10.9 Å². The fourth-order valence-electron chi connectivity index (χ4n) is 2.29. The maximum absolute atomic E-state index is 12.2. The van der Waals surface area contributed by atoms with Crippen LogP contribution in [-0.2, 0) is 4.79 Å². The summed E-state index contributed by atoms with van der Waals surface area (Å²) in [6, 6.07) is 7.88. The number of fused-ring (bicyclic) bond motifs is 1. The quantitative estimate of drug-likeness (QED) is 0.595. The Morgan fingerprint density at radius 3 is 2.56 bits per heavy atom. The molecular weight excluding hydrogens is 370 g/mol. The van der Waals surface area contributed by atoms with Gasteiger partial charge in [0.25, 0.3) is 0 Å². The molecule has 0 atom stereocenters. The number of thioether (sulfide) groups is 1. The van der Waals surface area contributed by atoms with Crippen LogP contribution >= 0.6 is 35.3 Å². The van der Waals surface area contributed by atoms with Crippen LogP contribution in [0.2, 0.25) is 0 Å². The fraction of sp³-hybridized carbons (Fsp3) is 0.500. The van der Waals surface area contributed by atoms with E-state index < -0.39 is 0 Å². The lowest BCUT2D eigenvalue weighted by Crippen LogP contribution is -2.30. The smallest absolute Gasteiger partial charge is 0.236 e. The van der Waals surface area contributed by atoms with Gasteiger partial charge in [-0.3, -0.25) is 4.79 Å². The normalized spacial score (nSPS) is 10.8. The second-order valence-electron chi connectivity index (χ2n) is 5.78.